The summed E-state index contributed by atoms with van der Waals surface area (Å²) in [7, 11) is 0. The first-order valence-electron chi connectivity index (χ1n) is 15.1. The van der Waals surface area contributed by atoms with Gasteiger partial charge in [0.15, 0.2) is 0 Å². The largest absolute Gasteiger partial charge is 0.489 e. The van der Waals surface area contributed by atoms with Crippen molar-refractivity contribution in [2.75, 3.05) is 18.0 Å². The number of halogens is 2. The fourth-order valence-corrected chi connectivity index (χ4v) is 7.40. The van der Waals surface area contributed by atoms with E-state index < -0.39 is 17.2 Å². The van der Waals surface area contributed by atoms with Crippen LogP contribution in [-0.4, -0.2) is 23.1 Å². The van der Waals surface area contributed by atoms with Crippen LogP contribution < -0.4 is 9.64 Å². The minimum atomic E-state index is -0.651. The molecule has 0 N–H and O–H groups in total. The monoisotopic (exact) mass is 576 g/mol. The molecule has 0 bridgehead atoms. The zero-order valence-electron chi connectivity index (χ0n) is 24.7. The molecule has 7 rings (SSSR count). The van der Waals surface area contributed by atoms with Gasteiger partial charge in [0.1, 0.15) is 24.0 Å². The van der Waals surface area contributed by atoms with Crippen molar-refractivity contribution < 1.29 is 13.5 Å². The first-order chi connectivity index (χ1) is 20.8. The highest BCUT2D eigenvalue weighted by Crippen LogP contribution is 2.61. The minimum absolute atomic E-state index is 0.107. The fourth-order valence-electron chi connectivity index (χ4n) is 7.40. The molecule has 1 aliphatic heterocycles. The Morgan fingerprint density at radius 3 is 2.42 bits per heavy atom. The number of benzene rings is 3. The molecule has 5 nitrogen and oxygen atoms in total. The van der Waals surface area contributed by atoms with Gasteiger partial charge >= 0.3 is 0 Å². The molecular weight excluding hydrogens is 542 g/mol. The second kappa shape index (κ2) is 10.4. The van der Waals surface area contributed by atoms with Gasteiger partial charge in [0.25, 0.3) is 5.54 Å². The van der Waals surface area contributed by atoms with Gasteiger partial charge in [0, 0.05) is 42.6 Å². The Labute approximate surface area is 251 Å². The molecule has 3 atom stereocenters. The van der Waals surface area contributed by atoms with E-state index in [4.69, 9.17) is 21.3 Å². The van der Waals surface area contributed by atoms with Crippen LogP contribution in [0.3, 0.4) is 0 Å². The van der Waals surface area contributed by atoms with E-state index in [9.17, 15) is 4.39 Å². The molecule has 0 amide bonds. The molecule has 218 valence electrons. The molecule has 0 unspecified atom stereocenters. The van der Waals surface area contributed by atoms with Crippen LogP contribution in [0, 0.1) is 43.9 Å². The Kier molecular flexibility index (Phi) is 6.69. The average Bonchev–Trinajstić information content (AvgIpc) is 3.47. The average molecular weight is 577 g/mol. The molecule has 2 fully saturated rings. The Bertz CT molecular complexity index is 1730. The lowest BCUT2D eigenvalue weighted by Gasteiger charge is -2.34. The molecule has 0 spiro atoms. The molecule has 7 heteroatoms. The SMILES string of the molecule is [C-]#[N+]C1(c2ccccc2)CCN(c2nc(C)c(-c3ccc(F)c(COc4ccc5c(c4)C[C@H]4[C@H](C)[C@@H]54)c3F)c(C)n2)CC1. The maximum atomic E-state index is 15.9. The smallest absolute Gasteiger partial charge is 0.260 e. The van der Waals surface area contributed by atoms with E-state index in [1.165, 1.54) is 23.3 Å². The Morgan fingerprint density at radius 1 is 1.00 bits per heavy atom. The number of aryl methyl sites for hydroxylation is 2. The van der Waals surface area contributed by atoms with E-state index in [1.54, 1.807) is 0 Å². The molecule has 3 aromatic carbocycles. The van der Waals surface area contributed by atoms with Crippen molar-refractivity contribution in [2.24, 2.45) is 11.8 Å². The van der Waals surface area contributed by atoms with Crippen LogP contribution in [0.2, 0.25) is 0 Å². The van der Waals surface area contributed by atoms with E-state index in [2.05, 4.69) is 22.7 Å². The molecule has 1 saturated heterocycles. The van der Waals surface area contributed by atoms with Gasteiger partial charge in [0.2, 0.25) is 5.95 Å². The predicted octanol–water partition coefficient (Wildman–Crippen LogP) is 7.94. The number of aromatic nitrogens is 2. The van der Waals surface area contributed by atoms with E-state index in [0.29, 0.717) is 60.5 Å². The van der Waals surface area contributed by atoms with Crippen LogP contribution >= 0.6 is 0 Å². The summed E-state index contributed by atoms with van der Waals surface area (Å²) in [6, 6.07) is 18.8. The first kappa shape index (κ1) is 27.5. The number of piperidine rings is 1. The van der Waals surface area contributed by atoms with Crippen molar-refractivity contribution in [3.8, 4) is 16.9 Å². The van der Waals surface area contributed by atoms with Crippen LogP contribution in [0.5, 0.6) is 5.75 Å². The highest BCUT2D eigenvalue weighted by Gasteiger charge is 2.52. The third-order valence-electron chi connectivity index (χ3n) is 9.99. The van der Waals surface area contributed by atoms with Gasteiger partial charge in [-0.15, -0.1) is 0 Å². The lowest BCUT2D eigenvalue weighted by atomic mass is 9.82. The zero-order chi connectivity index (χ0) is 29.9. The summed E-state index contributed by atoms with van der Waals surface area (Å²) in [5.74, 6) is 2.05. The number of rotatable bonds is 6. The van der Waals surface area contributed by atoms with Crippen molar-refractivity contribution >= 4 is 5.95 Å². The molecule has 0 radical (unpaired) electrons. The number of nitrogens with zero attached hydrogens (tertiary/aromatic N) is 4. The normalized spacial score (nSPS) is 21.6. The first-order valence-corrected chi connectivity index (χ1v) is 15.1. The predicted molar refractivity (Wildman–Crippen MR) is 163 cm³/mol. The van der Waals surface area contributed by atoms with Gasteiger partial charge in [-0.05, 0) is 73.4 Å². The molecule has 4 aromatic rings. The molecule has 2 aliphatic carbocycles. The number of anilines is 1. The fraction of sp³-hybridized carbons (Fsp3) is 0.361. The lowest BCUT2D eigenvalue weighted by Crippen LogP contribution is -2.41. The van der Waals surface area contributed by atoms with Crippen LogP contribution in [0.1, 0.15) is 59.3 Å². The highest BCUT2D eigenvalue weighted by molar-refractivity contribution is 5.70. The van der Waals surface area contributed by atoms with Gasteiger partial charge in [-0.3, -0.25) is 0 Å². The van der Waals surface area contributed by atoms with Gasteiger partial charge < -0.3 is 14.5 Å². The quantitative estimate of drug-likeness (QED) is 0.219. The van der Waals surface area contributed by atoms with Gasteiger partial charge in [-0.2, -0.15) is 0 Å². The van der Waals surface area contributed by atoms with Gasteiger partial charge in [0.05, 0.1) is 17.0 Å². The van der Waals surface area contributed by atoms with Crippen molar-refractivity contribution in [3.05, 3.63) is 117 Å². The van der Waals surface area contributed by atoms with Crippen molar-refractivity contribution in [1.29, 1.82) is 0 Å². The Balaban J connectivity index is 1.10. The highest BCUT2D eigenvalue weighted by atomic mass is 19.1. The third kappa shape index (κ3) is 4.64. The lowest BCUT2D eigenvalue weighted by molar-refractivity contribution is 0.292. The van der Waals surface area contributed by atoms with Crippen LogP contribution in [-0.2, 0) is 18.6 Å². The Morgan fingerprint density at radius 2 is 1.72 bits per heavy atom. The second-order valence-corrected chi connectivity index (χ2v) is 12.4. The maximum absolute atomic E-state index is 15.9. The van der Waals surface area contributed by atoms with Crippen LogP contribution in [0.15, 0.2) is 60.7 Å². The number of ether oxygens (including phenoxy) is 1. The summed E-state index contributed by atoms with van der Waals surface area (Å²) < 4.78 is 36.8. The molecule has 1 saturated carbocycles. The molecule has 1 aromatic heterocycles. The maximum Gasteiger partial charge on any atom is 0.260 e. The summed E-state index contributed by atoms with van der Waals surface area (Å²) >= 11 is 0. The van der Waals surface area contributed by atoms with Crippen LogP contribution in [0.25, 0.3) is 16.0 Å². The minimum Gasteiger partial charge on any atom is -0.489 e. The molecule has 3 aliphatic rings. The van der Waals surface area contributed by atoms with Crippen LogP contribution in [0.4, 0.5) is 14.7 Å². The summed E-state index contributed by atoms with van der Waals surface area (Å²) in [5, 5.41) is 0. The van der Waals surface area contributed by atoms with E-state index in [-0.39, 0.29) is 17.7 Å². The summed E-state index contributed by atoms with van der Waals surface area (Å²) in [6.07, 6.45) is 2.39. The van der Waals surface area contributed by atoms with Gasteiger partial charge in [-0.25, -0.2) is 25.3 Å². The van der Waals surface area contributed by atoms with Crippen molar-refractivity contribution in [3.63, 3.8) is 0 Å². The van der Waals surface area contributed by atoms with Crippen molar-refractivity contribution in [1.82, 2.24) is 9.97 Å². The molecule has 2 heterocycles. The number of fused-ring (bicyclic) bond motifs is 3. The summed E-state index contributed by atoms with van der Waals surface area (Å²) in [6.45, 7) is 15.0. The van der Waals surface area contributed by atoms with E-state index >= 15 is 4.39 Å². The van der Waals surface area contributed by atoms with E-state index in [0.717, 1.165) is 23.8 Å². The van der Waals surface area contributed by atoms with E-state index in [1.807, 2.05) is 56.3 Å². The number of hydrogen-bond donors (Lipinski definition) is 0. The third-order valence-corrected chi connectivity index (χ3v) is 9.99. The topological polar surface area (TPSA) is 42.6 Å². The molecular formula is C36H34F2N4O. The van der Waals surface area contributed by atoms with Gasteiger partial charge in [-0.1, -0.05) is 43.3 Å². The Hall–Kier alpha value is -4.31. The second-order valence-electron chi connectivity index (χ2n) is 12.4. The summed E-state index contributed by atoms with van der Waals surface area (Å²) in [4.78, 5) is 15.7. The van der Waals surface area contributed by atoms with Crippen molar-refractivity contribution in [2.45, 2.75) is 58.1 Å². The number of hydrogen-bond acceptors (Lipinski definition) is 4. The summed E-state index contributed by atoms with van der Waals surface area (Å²) in [5.41, 5.74) is 5.14. The molecule has 43 heavy (non-hydrogen) atoms. The standard InChI is InChI=1S/C36H34F2N4O/c1-21-29-19-24-18-26(10-11-27(24)32(21)29)43-20-30-31(37)13-12-28(34(30)38)33-22(2)40-35(41-23(33)3)42-16-14-36(39-4,15-17-42)25-8-6-5-7-9-25/h5-13,18,21,29,32H,14-17,19-20H2,1-3H3/t21-,29-,32-/m0/s1. The zero-order valence-corrected chi connectivity index (χ0v) is 24.7.